The number of ether oxygens (including phenoxy) is 1. The molecule has 2 amide bonds. The number of amides is 2. The number of nitrogens with zero attached hydrogens (tertiary/aromatic N) is 3. The van der Waals surface area contributed by atoms with Crippen molar-refractivity contribution in [2.45, 2.75) is 20.8 Å². The van der Waals surface area contributed by atoms with Crippen molar-refractivity contribution in [1.82, 2.24) is 10.1 Å². The number of piperazine rings is 1. The summed E-state index contributed by atoms with van der Waals surface area (Å²) in [6, 6.07) is 9.48. The van der Waals surface area contributed by atoms with Gasteiger partial charge in [0.25, 0.3) is 0 Å². The number of benzene rings is 1. The Balaban J connectivity index is 1.59. The largest absolute Gasteiger partial charge is 0.497 e. The molecule has 0 saturated carbocycles. The molecule has 3 rings (SSSR count). The number of rotatable bonds is 5. The van der Waals surface area contributed by atoms with Crippen LogP contribution in [0, 0.1) is 12.3 Å². The Kier molecular flexibility index (Phi) is 5.58. The molecule has 1 N–H and O–H groups in total. The van der Waals surface area contributed by atoms with Gasteiger partial charge in [0.15, 0.2) is 5.82 Å². The number of carbonyl (C=O) groups excluding carboxylic acids is 2. The maximum absolute atomic E-state index is 13.0. The molecule has 0 radical (unpaired) electrons. The van der Waals surface area contributed by atoms with Crippen molar-refractivity contribution in [2.75, 3.05) is 43.5 Å². The van der Waals surface area contributed by atoms with Gasteiger partial charge in [-0.15, -0.1) is 0 Å². The third kappa shape index (κ3) is 4.11. The molecule has 8 nitrogen and oxygen atoms in total. The topological polar surface area (TPSA) is 87.9 Å². The van der Waals surface area contributed by atoms with Crippen molar-refractivity contribution in [3.05, 3.63) is 36.1 Å². The first-order valence-electron chi connectivity index (χ1n) is 9.24. The number of methoxy groups -OCH3 is 1. The number of hydrogen-bond donors (Lipinski definition) is 1. The molecule has 0 spiro atoms. The number of carbonyl (C=O) groups is 2. The maximum atomic E-state index is 13.0. The fraction of sp³-hybridized carbons (Fsp3) is 0.450. The van der Waals surface area contributed by atoms with Gasteiger partial charge in [0, 0.05) is 37.9 Å². The third-order valence-electron chi connectivity index (χ3n) is 4.98. The van der Waals surface area contributed by atoms with Crippen LogP contribution in [0.2, 0.25) is 0 Å². The van der Waals surface area contributed by atoms with Crippen molar-refractivity contribution in [1.29, 1.82) is 0 Å². The van der Waals surface area contributed by atoms with E-state index in [9.17, 15) is 9.59 Å². The van der Waals surface area contributed by atoms with Gasteiger partial charge in [-0.2, -0.15) is 0 Å². The van der Waals surface area contributed by atoms with Gasteiger partial charge in [-0.05, 0) is 45.0 Å². The average molecular weight is 386 g/mol. The van der Waals surface area contributed by atoms with Crippen molar-refractivity contribution >= 4 is 23.3 Å². The van der Waals surface area contributed by atoms with Gasteiger partial charge < -0.3 is 24.4 Å². The minimum absolute atomic E-state index is 0.195. The molecule has 1 aromatic heterocycles. The van der Waals surface area contributed by atoms with Crippen LogP contribution in [0.1, 0.15) is 19.6 Å². The summed E-state index contributed by atoms with van der Waals surface area (Å²) >= 11 is 0. The molecule has 28 heavy (non-hydrogen) atoms. The Morgan fingerprint density at radius 1 is 1.14 bits per heavy atom. The SMILES string of the molecule is COc1ccc(N2CCN(C(=O)C(C)(C)C(=O)Nc3cc(C)on3)CC2)cc1. The quantitative estimate of drug-likeness (QED) is 0.794. The maximum Gasteiger partial charge on any atom is 0.240 e. The van der Waals surface area contributed by atoms with Crippen LogP contribution >= 0.6 is 0 Å². The van der Waals surface area contributed by atoms with E-state index in [-0.39, 0.29) is 5.91 Å². The lowest BCUT2D eigenvalue weighted by Crippen LogP contribution is -2.54. The van der Waals surface area contributed by atoms with Crippen molar-refractivity contribution < 1.29 is 18.8 Å². The molecular weight excluding hydrogens is 360 g/mol. The number of hydrogen-bond acceptors (Lipinski definition) is 6. The number of aryl methyl sites for hydroxylation is 1. The molecule has 0 atom stereocenters. The second-order valence-electron chi connectivity index (χ2n) is 7.38. The Bertz CT molecular complexity index is 836. The molecule has 0 bridgehead atoms. The van der Waals surface area contributed by atoms with E-state index in [0.29, 0.717) is 37.8 Å². The lowest BCUT2D eigenvalue weighted by atomic mass is 9.90. The first-order valence-corrected chi connectivity index (χ1v) is 9.24. The normalized spacial score (nSPS) is 14.7. The van der Waals surface area contributed by atoms with Crippen LogP contribution in [-0.4, -0.2) is 55.2 Å². The van der Waals surface area contributed by atoms with Crippen molar-refractivity contribution in [3.8, 4) is 5.75 Å². The predicted octanol–water partition coefficient (Wildman–Crippen LogP) is 2.31. The Morgan fingerprint density at radius 2 is 1.79 bits per heavy atom. The fourth-order valence-electron chi connectivity index (χ4n) is 3.15. The Hall–Kier alpha value is -3.03. The summed E-state index contributed by atoms with van der Waals surface area (Å²) in [6.07, 6.45) is 0. The minimum Gasteiger partial charge on any atom is -0.497 e. The summed E-state index contributed by atoms with van der Waals surface area (Å²) in [4.78, 5) is 29.5. The van der Waals surface area contributed by atoms with Gasteiger partial charge in [-0.3, -0.25) is 9.59 Å². The zero-order valence-electron chi connectivity index (χ0n) is 16.7. The van der Waals surface area contributed by atoms with Crippen LogP contribution in [0.4, 0.5) is 11.5 Å². The van der Waals surface area contributed by atoms with Gasteiger partial charge in [0.2, 0.25) is 11.8 Å². The second-order valence-corrected chi connectivity index (χ2v) is 7.38. The second kappa shape index (κ2) is 7.92. The van der Waals surface area contributed by atoms with E-state index in [1.54, 1.807) is 38.8 Å². The van der Waals surface area contributed by atoms with Crippen LogP contribution in [0.3, 0.4) is 0 Å². The minimum atomic E-state index is -1.20. The van der Waals surface area contributed by atoms with Crippen LogP contribution in [0.5, 0.6) is 5.75 Å². The molecule has 1 aromatic carbocycles. The zero-order chi connectivity index (χ0) is 20.3. The lowest BCUT2D eigenvalue weighted by Gasteiger charge is -2.39. The Labute approximate surface area is 164 Å². The summed E-state index contributed by atoms with van der Waals surface area (Å²) in [5.41, 5.74) is -0.110. The molecule has 2 aromatic rings. The van der Waals surface area contributed by atoms with Gasteiger partial charge in [-0.1, -0.05) is 5.16 Å². The van der Waals surface area contributed by atoms with Crippen LogP contribution in [0.15, 0.2) is 34.9 Å². The monoisotopic (exact) mass is 386 g/mol. The smallest absolute Gasteiger partial charge is 0.240 e. The summed E-state index contributed by atoms with van der Waals surface area (Å²) < 4.78 is 10.1. The van der Waals surface area contributed by atoms with Crippen molar-refractivity contribution in [2.24, 2.45) is 5.41 Å². The van der Waals surface area contributed by atoms with Crippen LogP contribution in [-0.2, 0) is 9.59 Å². The first kappa shape index (κ1) is 19.7. The van der Waals surface area contributed by atoms with E-state index in [2.05, 4.69) is 15.4 Å². The number of nitrogens with one attached hydrogen (secondary N) is 1. The Morgan fingerprint density at radius 3 is 2.32 bits per heavy atom. The highest BCUT2D eigenvalue weighted by Crippen LogP contribution is 2.25. The van der Waals surface area contributed by atoms with E-state index in [4.69, 9.17) is 9.26 Å². The first-order chi connectivity index (χ1) is 13.3. The van der Waals surface area contributed by atoms with E-state index in [1.807, 2.05) is 24.3 Å². The number of aromatic nitrogens is 1. The van der Waals surface area contributed by atoms with E-state index in [1.165, 1.54) is 0 Å². The molecule has 8 heteroatoms. The molecule has 1 fully saturated rings. The zero-order valence-corrected chi connectivity index (χ0v) is 16.7. The van der Waals surface area contributed by atoms with Gasteiger partial charge in [-0.25, -0.2) is 0 Å². The molecular formula is C20H26N4O4. The standard InChI is InChI=1S/C20H26N4O4/c1-14-13-17(22-28-14)21-18(25)20(2,3)19(26)24-11-9-23(10-12-24)15-5-7-16(27-4)8-6-15/h5-8,13H,9-12H2,1-4H3,(H,21,22,25). The molecule has 0 unspecified atom stereocenters. The van der Waals surface area contributed by atoms with Gasteiger partial charge >= 0.3 is 0 Å². The van der Waals surface area contributed by atoms with Gasteiger partial charge in [0.05, 0.1) is 7.11 Å². The summed E-state index contributed by atoms with van der Waals surface area (Å²) in [5, 5.41) is 6.40. The van der Waals surface area contributed by atoms with Crippen LogP contribution in [0.25, 0.3) is 0 Å². The predicted molar refractivity (Wildman–Crippen MR) is 105 cm³/mol. The van der Waals surface area contributed by atoms with Crippen LogP contribution < -0.4 is 15.0 Å². The highest BCUT2D eigenvalue weighted by atomic mass is 16.5. The van der Waals surface area contributed by atoms with E-state index < -0.39 is 11.3 Å². The lowest BCUT2D eigenvalue weighted by molar-refractivity contribution is -0.146. The van der Waals surface area contributed by atoms with Gasteiger partial charge in [0.1, 0.15) is 16.9 Å². The summed E-state index contributed by atoms with van der Waals surface area (Å²) in [6.45, 7) is 7.54. The van der Waals surface area contributed by atoms with E-state index >= 15 is 0 Å². The third-order valence-corrected chi connectivity index (χ3v) is 4.98. The molecule has 0 aliphatic carbocycles. The van der Waals surface area contributed by atoms with Crippen molar-refractivity contribution in [3.63, 3.8) is 0 Å². The molecule has 1 aliphatic rings. The highest BCUT2D eigenvalue weighted by Gasteiger charge is 2.40. The molecule has 2 heterocycles. The summed E-state index contributed by atoms with van der Waals surface area (Å²) in [5.74, 6) is 1.12. The summed E-state index contributed by atoms with van der Waals surface area (Å²) in [7, 11) is 1.64. The van der Waals surface area contributed by atoms with E-state index in [0.717, 1.165) is 11.4 Å². The molecule has 150 valence electrons. The fourth-order valence-corrected chi connectivity index (χ4v) is 3.15. The number of anilines is 2. The average Bonchev–Trinajstić information content (AvgIpc) is 3.12. The highest BCUT2D eigenvalue weighted by molar-refractivity contribution is 6.09. The molecule has 1 aliphatic heterocycles. The molecule has 1 saturated heterocycles.